The van der Waals surface area contributed by atoms with Gasteiger partial charge in [0.1, 0.15) is 6.61 Å². The standard InChI is InChI=1S/C13H18N2O4S/c1-13(8-14-9-13)19-7-12(16)15-10-3-5-11(6-4-10)20(2,17)18/h3-6,14H,7-9H2,1-2H3,(H,15,16). The van der Waals surface area contributed by atoms with Gasteiger partial charge in [0, 0.05) is 25.0 Å². The van der Waals surface area contributed by atoms with Crippen molar-refractivity contribution in [2.75, 3.05) is 31.3 Å². The van der Waals surface area contributed by atoms with Crippen molar-refractivity contribution in [2.24, 2.45) is 0 Å². The number of hydrogen-bond acceptors (Lipinski definition) is 5. The van der Waals surface area contributed by atoms with Crippen LogP contribution in [0.4, 0.5) is 5.69 Å². The largest absolute Gasteiger partial charge is 0.363 e. The highest BCUT2D eigenvalue weighted by molar-refractivity contribution is 7.90. The van der Waals surface area contributed by atoms with Gasteiger partial charge >= 0.3 is 0 Å². The maximum Gasteiger partial charge on any atom is 0.250 e. The zero-order valence-electron chi connectivity index (χ0n) is 11.5. The Labute approximate surface area is 118 Å². The van der Waals surface area contributed by atoms with E-state index in [0.29, 0.717) is 5.69 Å². The highest BCUT2D eigenvalue weighted by Crippen LogP contribution is 2.16. The van der Waals surface area contributed by atoms with E-state index in [9.17, 15) is 13.2 Å². The van der Waals surface area contributed by atoms with Crippen molar-refractivity contribution in [3.63, 3.8) is 0 Å². The van der Waals surface area contributed by atoms with Crippen molar-refractivity contribution >= 4 is 21.4 Å². The first-order valence-corrected chi connectivity index (χ1v) is 8.12. The quantitative estimate of drug-likeness (QED) is 0.822. The first kappa shape index (κ1) is 15.0. The average Bonchev–Trinajstić information content (AvgIpc) is 2.33. The van der Waals surface area contributed by atoms with E-state index in [-0.39, 0.29) is 23.0 Å². The van der Waals surface area contributed by atoms with Crippen LogP contribution in [0.3, 0.4) is 0 Å². The molecule has 1 aromatic carbocycles. The van der Waals surface area contributed by atoms with Gasteiger partial charge in [0.15, 0.2) is 9.84 Å². The van der Waals surface area contributed by atoms with Gasteiger partial charge in [0.2, 0.25) is 5.91 Å². The second-order valence-electron chi connectivity index (χ2n) is 5.19. The summed E-state index contributed by atoms with van der Waals surface area (Å²) in [4.78, 5) is 11.9. The fourth-order valence-electron chi connectivity index (χ4n) is 1.80. The van der Waals surface area contributed by atoms with Crippen LogP contribution in [0, 0.1) is 0 Å². The Morgan fingerprint density at radius 3 is 2.40 bits per heavy atom. The van der Waals surface area contributed by atoms with E-state index in [4.69, 9.17) is 4.74 Å². The summed E-state index contributed by atoms with van der Waals surface area (Å²) in [5.74, 6) is -0.259. The zero-order chi connectivity index (χ0) is 14.8. The van der Waals surface area contributed by atoms with Crippen LogP contribution >= 0.6 is 0 Å². The molecule has 0 atom stereocenters. The molecule has 0 aliphatic carbocycles. The smallest absolute Gasteiger partial charge is 0.250 e. The molecule has 1 aliphatic heterocycles. The molecular formula is C13H18N2O4S. The fraction of sp³-hybridized carbons (Fsp3) is 0.462. The Kier molecular flexibility index (Phi) is 4.12. The summed E-state index contributed by atoms with van der Waals surface area (Å²) in [6.45, 7) is 3.40. The SMILES string of the molecule is CC1(OCC(=O)Nc2ccc(S(C)(=O)=O)cc2)CNC1. The number of hydrogen-bond donors (Lipinski definition) is 2. The lowest BCUT2D eigenvalue weighted by Gasteiger charge is -2.38. The topological polar surface area (TPSA) is 84.5 Å². The molecule has 1 heterocycles. The van der Waals surface area contributed by atoms with Crippen LogP contribution in [-0.2, 0) is 19.4 Å². The number of ether oxygens (including phenoxy) is 1. The lowest BCUT2D eigenvalue weighted by atomic mass is 10.0. The van der Waals surface area contributed by atoms with E-state index in [1.165, 1.54) is 12.1 Å². The molecule has 110 valence electrons. The van der Waals surface area contributed by atoms with Crippen LogP contribution < -0.4 is 10.6 Å². The van der Waals surface area contributed by atoms with E-state index in [2.05, 4.69) is 10.6 Å². The summed E-state index contributed by atoms with van der Waals surface area (Å²) in [6, 6.07) is 6.04. The molecule has 20 heavy (non-hydrogen) atoms. The number of carbonyl (C=O) groups is 1. The van der Waals surface area contributed by atoms with Gasteiger partial charge < -0.3 is 15.4 Å². The molecule has 0 aromatic heterocycles. The van der Waals surface area contributed by atoms with Crippen molar-refractivity contribution in [3.8, 4) is 0 Å². The molecule has 1 saturated heterocycles. The van der Waals surface area contributed by atoms with E-state index in [0.717, 1.165) is 19.3 Å². The monoisotopic (exact) mass is 298 g/mol. The van der Waals surface area contributed by atoms with E-state index in [1.54, 1.807) is 12.1 Å². The predicted octanol–water partition coefficient (Wildman–Crippen LogP) is 0.407. The Hall–Kier alpha value is -1.44. The van der Waals surface area contributed by atoms with Gasteiger partial charge in [-0.05, 0) is 31.2 Å². The molecule has 0 unspecified atom stereocenters. The highest BCUT2D eigenvalue weighted by atomic mass is 32.2. The molecule has 1 amide bonds. The summed E-state index contributed by atoms with van der Waals surface area (Å²) in [5, 5.41) is 5.74. The molecule has 1 fully saturated rings. The van der Waals surface area contributed by atoms with Gasteiger partial charge in [-0.3, -0.25) is 4.79 Å². The Bertz CT molecular complexity index is 591. The fourth-order valence-corrected chi connectivity index (χ4v) is 2.43. The molecule has 0 bridgehead atoms. The molecule has 1 aromatic rings. The zero-order valence-corrected chi connectivity index (χ0v) is 12.3. The van der Waals surface area contributed by atoms with E-state index >= 15 is 0 Å². The van der Waals surface area contributed by atoms with E-state index in [1.807, 2.05) is 6.92 Å². The summed E-state index contributed by atoms with van der Waals surface area (Å²) >= 11 is 0. The lowest BCUT2D eigenvalue weighted by Crippen LogP contribution is -2.59. The minimum absolute atomic E-state index is 0.0218. The number of amides is 1. The second kappa shape index (κ2) is 5.51. The summed E-state index contributed by atoms with van der Waals surface area (Å²) < 4.78 is 28.1. The third kappa shape index (κ3) is 3.78. The van der Waals surface area contributed by atoms with Crippen molar-refractivity contribution in [1.29, 1.82) is 0 Å². The van der Waals surface area contributed by atoms with Crippen LogP contribution in [0.5, 0.6) is 0 Å². The molecule has 0 spiro atoms. The molecule has 0 saturated carbocycles. The van der Waals surface area contributed by atoms with Crippen molar-refractivity contribution < 1.29 is 17.9 Å². The van der Waals surface area contributed by atoms with Gasteiger partial charge in [0.25, 0.3) is 0 Å². The number of carbonyl (C=O) groups excluding carboxylic acids is 1. The minimum Gasteiger partial charge on any atom is -0.363 e. The summed E-state index contributed by atoms with van der Waals surface area (Å²) in [5.41, 5.74) is 0.278. The summed E-state index contributed by atoms with van der Waals surface area (Å²) in [7, 11) is -3.22. The Balaban J connectivity index is 1.88. The average molecular weight is 298 g/mol. The number of benzene rings is 1. The van der Waals surface area contributed by atoms with Crippen LogP contribution in [0.15, 0.2) is 29.2 Å². The van der Waals surface area contributed by atoms with Gasteiger partial charge in [-0.1, -0.05) is 0 Å². The second-order valence-corrected chi connectivity index (χ2v) is 7.20. The maximum atomic E-state index is 11.7. The number of rotatable bonds is 5. The summed E-state index contributed by atoms with van der Waals surface area (Å²) in [6.07, 6.45) is 1.14. The van der Waals surface area contributed by atoms with Crippen molar-refractivity contribution in [3.05, 3.63) is 24.3 Å². The molecule has 1 aliphatic rings. The normalized spacial score (nSPS) is 17.3. The Morgan fingerprint density at radius 2 is 1.95 bits per heavy atom. The van der Waals surface area contributed by atoms with Crippen LogP contribution in [0.2, 0.25) is 0 Å². The minimum atomic E-state index is -3.22. The van der Waals surface area contributed by atoms with Gasteiger partial charge in [0.05, 0.1) is 10.5 Å². The molecule has 7 heteroatoms. The number of nitrogens with one attached hydrogen (secondary N) is 2. The molecule has 0 radical (unpaired) electrons. The third-order valence-corrected chi connectivity index (χ3v) is 4.24. The molecule has 2 N–H and O–H groups in total. The van der Waals surface area contributed by atoms with Gasteiger partial charge in [-0.25, -0.2) is 8.42 Å². The lowest BCUT2D eigenvalue weighted by molar-refractivity contribution is -0.130. The number of anilines is 1. The van der Waals surface area contributed by atoms with Crippen molar-refractivity contribution in [2.45, 2.75) is 17.4 Å². The third-order valence-electron chi connectivity index (χ3n) is 3.12. The first-order chi connectivity index (χ1) is 9.28. The van der Waals surface area contributed by atoms with E-state index < -0.39 is 9.84 Å². The highest BCUT2D eigenvalue weighted by Gasteiger charge is 2.32. The molecule has 2 rings (SSSR count). The van der Waals surface area contributed by atoms with Crippen LogP contribution in [-0.4, -0.2) is 45.9 Å². The molecular weight excluding hydrogens is 280 g/mol. The van der Waals surface area contributed by atoms with Gasteiger partial charge in [-0.2, -0.15) is 0 Å². The van der Waals surface area contributed by atoms with Gasteiger partial charge in [-0.15, -0.1) is 0 Å². The van der Waals surface area contributed by atoms with Crippen LogP contribution in [0.1, 0.15) is 6.92 Å². The van der Waals surface area contributed by atoms with Crippen LogP contribution in [0.25, 0.3) is 0 Å². The predicted molar refractivity (Wildman–Crippen MR) is 75.4 cm³/mol. The number of sulfone groups is 1. The first-order valence-electron chi connectivity index (χ1n) is 6.23. The Morgan fingerprint density at radius 1 is 1.35 bits per heavy atom. The molecule has 6 nitrogen and oxygen atoms in total. The maximum absolute atomic E-state index is 11.7. The van der Waals surface area contributed by atoms with Crippen molar-refractivity contribution in [1.82, 2.24) is 5.32 Å².